The van der Waals surface area contributed by atoms with Crippen LogP contribution in [0.2, 0.25) is 0 Å². The number of nitrogens with one attached hydrogen (secondary N) is 1. The number of carbonyl (C=O) groups is 1. The molecule has 1 N–H and O–H groups in total. The summed E-state index contributed by atoms with van der Waals surface area (Å²) in [6, 6.07) is 10.3. The highest BCUT2D eigenvalue weighted by atomic mass is 32.2. The van der Waals surface area contributed by atoms with Gasteiger partial charge in [0.15, 0.2) is 0 Å². The number of benzene rings is 2. The van der Waals surface area contributed by atoms with Crippen molar-refractivity contribution in [3.8, 4) is 5.75 Å². The van der Waals surface area contributed by atoms with Crippen LogP contribution in [0.4, 0.5) is 10.1 Å². The number of carbonyl (C=O) groups excluding carboxylic acids is 1. The first-order chi connectivity index (χ1) is 13.3. The Morgan fingerprint density at radius 3 is 2.71 bits per heavy atom. The van der Waals surface area contributed by atoms with Gasteiger partial charge in [0.2, 0.25) is 15.9 Å². The lowest BCUT2D eigenvalue weighted by Crippen LogP contribution is -2.43. The molecule has 0 spiro atoms. The molecule has 1 fully saturated rings. The monoisotopic (exact) mass is 406 g/mol. The van der Waals surface area contributed by atoms with E-state index in [1.807, 2.05) is 0 Å². The van der Waals surface area contributed by atoms with Crippen molar-refractivity contribution in [1.29, 1.82) is 0 Å². The summed E-state index contributed by atoms with van der Waals surface area (Å²) in [4.78, 5) is 12.7. The van der Waals surface area contributed by atoms with Crippen LogP contribution < -0.4 is 10.1 Å². The molecule has 0 radical (unpaired) electrons. The minimum Gasteiger partial charge on any atom is -0.496 e. The molecule has 0 unspecified atom stereocenters. The number of amides is 1. The number of anilines is 1. The van der Waals surface area contributed by atoms with Gasteiger partial charge in [0.1, 0.15) is 11.6 Å². The Labute approximate surface area is 164 Å². The number of methoxy groups -OCH3 is 1. The normalized spacial score (nSPS) is 17.9. The third kappa shape index (κ3) is 4.34. The molecule has 6 nitrogen and oxygen atoms in total. The zero-order valence-electron chi connectivity index (χ0n) is 15.8. The molecular weight excluding hydrogens is 383 g/mol. The van der Waals surface area contributed by atoms with Gasteiger partial charge in [-0.05, 0) is 61.7 Å². The molecule has 0 aliphatic carbocycles. The molecule has 1 saturated heterocycles. The van der Waals surface area contributed by atoms with Crippen molar-refractivity contribution in [2.75, 3.05) is 25.5 Å². The van der Waals surface area contributed by atoms with E-state index in [4.69, 9.17) is 4.74 Å². The number of rotatable bonds is 5. The van der Waals surface area contributed by atoms with E-state index in [1.54, 1.807) is 25.1 Å². The first-order valence-electron chi connectivity index (χ1n) is 9.02. The Hall–Kier alpha value is -2.45. The van der Waals surface area contributed by atoms with Gasteiger partial charge in [-0.25, -0.2) is 12.8 Å². The van der Waals surface area contributed by atoms with Gasteiger partial charge in [-0.2, -0.15) is 4.31 Å². The Morgan fingerprint density at radius 2 is 2.04 bits per heavy atom. The zero-order chi connectivity index (χ0) is 20.3. The number of hydrogen-bond donors (Lipinski definition) is 1. The van der Waals surface area contributed by atoms with E-state index >= 15 is 0 Å². The number of halogens is 1. The van der Waals surface area contributed by atoms with Crippen LogP contribution in [0.5, 0.6) is 5.75 Å². The van der Waals surface area contributed by atoms with Gasteiger partial charge in [-0.3, -0.25) is 4.79 Å². The molecule has 0 aromatic heterocycles. The number of ether oxygens (including phenoxy) is 1. The molecule has 1 aliphatic heterocycles. The molecule has 1 aliphatic rings. The number of aryl methyl sites for hydroxylation is 1. The molecule has 150 valence electrons. The van der Waals surface area contributed by atoms with Crippen LogP contribution in [0.1, 0.15) is 18.4 Å². The first kappa shape index (κ1) is 20.3. The summed E-state index contributed by atoms with van der Waals surface area (Å²) in [5.74, 6) is -0.631. The van der Waals surface area contributed by atoms with E-state index in [1.165, 1.54) is 35.7 Å². The lowest BCUT2D eigenvalue weighted by Gasteiger charge is -2.31. The molecule has 0 saturated carbocycles. The number of piperidine rings is 1. The molecule has 1 atom stereocenters. The lowest BCUT2D eigenvalue weighted by molar-refractivity contribution is -0.120. The Morgan fingerprint density at radius 1 is 1.25 bits per heavy atom. The molecular formula is C20H23FN2O4S. The average molecular weight is 406 g/mol. The Balaban J connectivity index is 1.74. The van der Waals surface area contributed by atoms with Crippen LogP contribution in [-0.4, -0.2) is 38.8 Å². The van der Waals surface area contributed by atoms with E-state index in [2.05, 4.69) is 5.32 Å². The van der Waals surface area contributed by atoms with Crippen molar-refractivity contribution in [2.45, 2.75) is 24.7 Å². The molecule has 28 heavy (non-hydrogen) atoms. The van der Waals surface area contributed by atoms with E-state index in [0.29, 0.717) is 30.8 Å². The summed E-state index contributed by atoms with van der Waals surface area (Å²) in [5.41, 5.74) is 1.08. The van der Waals surface area contributed by atoms with Gasteiger partial charge in [-0.1, -0.05) is 6.07 Å². The predicted molar refractivity (Wildman–Crippen MR) is 104 cm³/mol. The van der Waals surface area contributed by atoms with Crippen molar-refractivity contribution in [3.63, 3.8) is 0 Å². The highest BCUT2D eigenvalue weighted by molar-refractivity contribution is 7.89. The number of sulfonamides is 1. The van der Waals surface area contributed by atoms with E-state index in [-0.39, 0.29) is 17.3 Å². The van der Waals surface area contributed by atoms with Crippen LogP contribution in [0, 0.1) is 18.7 Å². The second-order valence-electron chi connectivity index (χ2n) is 6.83. The van der Waals surface area contributed by atoms with Crippen molar-refractivity contribution in [1.82, 2.24) is 4.31 Å². The summed E-state index contributed by atoms with van der Waals surface area (Å²) in [6.07, 6.45) is 1.16. The SMILES string of the molecule is COc1ccc(S(=O)(=O)N2CCC[C@@H](C(=O)Nc3cccc(F)c3)C2)cc1C. The third-order valence-corrected chi connectivity index (χ3v) is 6.71. The fourth-order valence-electron chi connectivity index (χ4n) is 3.35. The molecule has 3 rings (SSSR count). The topological polar surface area (TPSA) is 75.7 Å². The summed E-state index contributed by atoms with van der Waals surface area (Å²) in [5, 5.41) is 2.67. The summed E-state index contributed by atoms with van der Waals surface area (Å²) in [7, 11) is -2.19. The van der Waals surface area contributed by atoms with Crippen LogP contribution in [0.3, 0.4) is 0 Å². The minimum atomic E-state index is -3.72. The van der Waals surface area contributed by atoms with Crippen molar-refractivity contribution in [2.24, 2.45) is 5.92 Å². The summed E-state index contributed by atoms with van der Waals surface area (Å²) >= 11 is 0. The van der Waals surface area contributed by atoms with Crippen molar-refractivity contribution < 1.29 is 22.3 Å². The quantitative estimate of drug-likeness (QED) is 0.828. The average Bonchev–Trinajstić information content (AvgIpc) is 2.68. The van der Waals surface area contributed by atoms with Gasteiger partial charge < -0.3 is 10.1 Å². The van der Waals surface area contributed by atoms with Crippen LogP contribution in [0.15, 0.2) is 47.4 Å². The first-order valence-corrected chi connectivity index (χ1v) is 10.5. The lowest BCUT2D eigenvalue weighted by atomic mass is 9.99. The molecule has 1 heterocycles. The van der Waals surface area contributed by atoms with Crippen LogP contribution in [-0.2, 0) is 14.8 Å². The van der Waals surface area contributed by atoms with Crippen molar-refractivity contribution in [3.05, 3.63) is 53.8 Å². The molecule has 1 amide bonds. The highest BCUT2D eigenvalue weighted by Gasteiger charge is 2.33. The second-order valence-corrected chi connectivity index (χ2v) is 8.77. The summed E-state index contributed by atoms with van der Waals surface area (Å²) < 4.78 is 45.9. The van der Waals surface area contributed by atoms with Gasteiger partial charge in [0.05, 0.1) is 17.9 Å². The minimum absolute atomic E-state index is 0.0918. The molecule has 0 bridgehead atoms. The summed E-state index contributed by atoms with van der Waals surface area (Å²) in [6.45, 7) is 2.23. The largest absolute Gasteiger partial charge is 0.496 e. The third-order valence-electron chi connectivity index (χ3n) is 4.85. The fraction of sp³-hybridized carbons (Fsp3) is 0.350. The van der Waals surface area contributed by atoms with Gasteiger partial charge in [-0.15, -0.1) is 0 Å². The van der Waals surface area contributed by atoms with Gasteiger partial charge >= 0.3 is 0 Å². The predicted octanol–water partition coefficient (Wildman–Crippen LogP) is 3.18. The number of hydrogen-bond acceptors (Lipinski definition) is 4. The van der Waals surface area contributed by atoms with E-state index < -0.39 is 21.8 Å². The second kappa shape index (κ2) is 8.28. The maximum Gasteiger partial charge on any atom is 0.243 e. The van der Waals surface area contributed by atoms with Crippen molar-refractivity contribution >= 4 is 21.6 Å². The number of nitrogens with zero attached hydrogens (tertiary/aromatic N) is 1. The van der Waals surface area contributed by atoms with Crippen LogP contribution >= 0.6 is 0 Å². The maximum atomic E-state index is 13.3. The fourth-order valence-corrected chi connectivity index (χ4v) is 4.96. The van der Waals surface area contributed by atoms with Gasteiger partial charge in [0.25, 0.3) is 0 Å². The van der Waals surface area contributed by atoms with Crippen LogP contribution in [0.25, 0.3) is 0 Å². The van der Waals surface area contributed by atoms with E-state index in [9.17, 15) is 17.6 Å². The molecule has 2 aromatic carbocycles. The molecule has 8 heteroatoms. The van der Waals surface area contributed by atoms with Gasteiger partial charge in [0, 0.05) is 18.8 Å². The Kier molecular flexibility index (Phi) is 6.00. The highest BCUT2D eigenvalue weighted by Crippen LogP contribution is 2.27. The standard InChI is InChI=1S/C20H23FN2O4S/c1-14-11-18(8-9-19(14)27-2)28(25,26)23-10-4-5-15(13-23)20(24)22-17-7-3-6-16(21)12-17/h3,6-9,11-12,15H,4-5,10,13H2,1-2H3,(H,22,24)/t15-/m1/s1. The Bertz CT molecular complexity index is 978. The maximum absolute atomic E-state index is 13.3. The van der Waals surface area contributed by atoms with E-state index in [0.717, 1.165) is 5.56 Å². The molecule has 2 aromatic rings. The smallest absolute Gasteiger partial charge is 0.243 e. The zero-order valence-corrected chi connectivity index (χ0v) is 16.6.